The Bertz CT molecular complexity index is 405. The number of carbonyl (C=O) groups is 1. The maximum absolute atomic E-state index is 11.9. The standard InChI is InChI=1S/C13H21N3O2/c1-4-11-7-10(8-12(14)16-11)13(17)15-5-6-18-9(2)3/h7-9H,4-6H2,1-3H3,(H2,14,16)(H,15,17). The van der Waals surface area contributed by atoms with Crippen molar-refractivity contribution in [2.75, 3.05) is 18.9 Å². The number of nitrogen functional groups attached to an aromatic ring is 1. The normalized spacial score (nSPS) is 10.7. The van der Waals surface area contributed by atoms with Crippen molar-refractivity contribution >= 4 is 11.7 Å². The van der Waals surface area contributed by atoms with Gasteiger partial charge >= 0.3 is 0 Å². The summed E-state index contributed by atoms with van der Waals surface area (Å²) in [7, 11) is 0. The van der Waals surface area contributed by atoms with Gasteiger partial charge < -0.3 is 15.8 Å². The number of hydrogen-bond donors (Lipinski definition) is 2. The first-order valence-corrected chi connectivity index (χ1v) is 6.19. The summed E-state index contributed by atoms with van der Waals surface area (Å²) >= 11 is 0. The molecule has 0 unspecified atom stereocenters. The second kappa shape index (κ2) is 6.96. The van der Waals surface area contributed by atoms with Crippen molar-refractivity contribution in [1.29, 1.82) is 0 Å². The molecule has 1 aromatic rings. The molecule has 0 radical (unpaired) electrons. The van der Waals surface area contributed by atoms with Crippen molar-refractivity contribution in [3.05, 3.63) is 23.4 Å². The van der Waals surface area contributed by atoms with E-state index >= 15 is 0 Å². The van der Waals surface area contributed by atoms with Crippen LogP contribution in [0.4, 0.5) is 5.82 Å². The molecular formula is C13H21N3O2. The van der Waals surface area contributed by atoms with Crippen molar-refractivity contribution in [1.82, 2.24) is 10.3 Å². The molecule has 1 aromatic heterocycles. The van der Waals surface area contributed by atoms with Gasteiger partial charge in [-0.15, -0.1) is 0 Å². The first kappa shape index (κ1) is 14.4. The molecule has 0 fully saturated rings. The molecule has 0 bridgehead atoms. The van der Waals surface area contributed by atoms with Gasteiger partial charge in [-0.05, 0) is 32.4 Å². The smallest absolute Gasteiger partial charge is 0.251 e. The highest BCUT2D eigenvalue weighted by Crippen LogP contribution is 2.08. The number of aryl methyl sites for hydroxylation is 1. The molecule has 0 aliphatic rings. The molecule has 3 N–H and O–H groups in total. The van der Waals surface area contributed by atoms with Gasteiger partial charge in [-0.3, -0.25) is 4.79 Å². The van der Waals surface area contributed by atoms with Gasteiger partial charge in [-0.25, -0.2) is 4.98 Å². The number of ether oxygens (including phenoxy) is 1. The minimum absolute atomic E-state index is 0.147. The third-order valence-electron chi connectivity index (χ3n) is 2.36. The van der Waals surface area contributed by atoms with Crippen molar-refractivity contribution < 1.29 is 9.53 Å². The molecule has 0 atom stereocenters. The number of nitrogens with two attached hydrogens (primary N) is 1. The van der Waals surface area contributed by atoms with Crippen LogP contribution >= 0.6 is 0 Å². The Labute approximate surface area is 108 Å². The summed E-state index contributed by atoms with van der Waals surface area (Å²) in [6.45, 7) is 6.88. The second-order valence-corrected chi connectivity index (χ2v) is 4.30. The lowest BCUT2D eigenvalue weighted by atomic mass is 10.2. The van der Waals surface area contributed by atoms with E-state index in [0.29, 0.717) is 24.5 Å². The monoisotopic (exact) mass is 251 g/mol. The van der Waals surface area contributed by atoms with Gasteiger partial charge in [-0.2, -0.15) is 0 Å². The van der Waals surface area contributed by atoms with E-state index in [9.17, 15) is 4.79 Å². The van der Waals surface area contributed by atoms with Crippen LogP contribution in [-0.4, -0.2) is 30.1 Å². The number of amides is 1. The molecule has 1 rings (SSSR count). The zero-order valence-corrected chi connectivity index (χ0v) is 11.2. The highest BCUT2D eigenvalue weighted by Gasteiger charge is 2.07. The maximum atomic E-state index is 11.9. The van der Waals surface area contributed by atoms with Gasteiger partial charge in [-0.1, -0.05) is 6.92 Å². The van der Waals surface area contributed by atoms with Gasteiger partial charge in [0.25, 0.3) is 5.91 Å². The molecule has 0 saturated carbocycles. The fourth-order valence-electron chi connectivity index (χ4n) is 1.48. The Hall–Kier alpha value is -1.62. The fraction of sp³-hybridized carbons (Fsp3) is 0.538. The summed E-state index contributed by atoms with van der Waals surface area (Å²) < 4.78 is 5.34. The first-order valence-electron chi connectivity index (χ1n) is 6.19. The van der Waals surface area contributed by atoms with Crippen LogP contribution < -0.4 is 11.1 Å². The first-order chi connectivity index (χ1) is 8.52. The summed E-state index contributed by atoms with van der Waals surface area (Å²) in [5, 5.41) is 2.79. The van der Waals surface area contributed by atoms with Crippen molar-refractivity contribution in [3.63, 3.8) is 0 Å². The lowest BCUT2D eigenvalue weighted by molar-refractivity contribution is 0.0746. The van der Waals surface area contributed by atoms with Crippen molar-refractivity contribution in [2.24, 2.45) is 0 Å². The molecule has 100 valence electrons. The SMILES string of the molecule is CCc1cc(C(=O)NCCOC(C)C)cc(N)n1. The molecule has 1 amide bonds. The molecular weight excluding hydrogens is 230 g/mol. The molecule has 0 aliphatic heterocycles. The number of aromatic nitrogens is 1. The topological polar surface area (TPSA) is 77.2 Å². The van der Waals surface area contributed by atoms with Crippen LogP contribution in [0.15, 0.2) is 12.1 Å². The Morgan fingerprint density at radius 1 is 1.50 bits per heavy atom. The predicted molar refractivity (Wildman–Crippen MR) is 71.4 cm³/mol. The maximum Gasteiger partial charge on any atom is 0.251 e. The van der Waals surface area contributed by atoms with E-state index in [1.807, 2.05) is 20.8 Å². The average molecular weight is 251 g/mol. The van der Waals surface area contributed by atoms with Crippen LogP contribution in [0.5, 0.6) is 0 Å². The van der Waals surface area contributed by atoms with Crippen molar-refractivity contribution in [2.45, 2.75) is 33.3 Å². The number of anilines is 1. The van der Waals surface area contributed by atoms with Gasteiger partial charge in [0.1, 0.15) is 5.82 Å². The predicted octanol–water partition coefficient (Wildman–Crippen LogP) is 1.38. The molecule has 18 heavy (non-hydrogen) atoms. The molecule has 0 saturated heterocycles. The molecule has 5 heteroatoms. The zero-order valence-electron chi connectivity index (χ0n) is 11.2. The van der Waals surface area contributed by atoms with E-state index in [4.69, 9.17) is 10.5 Å². The number of nitrogens with zero attached hydrogens (tertiary/aromatic N) is 1. The van der Waals surface area contributed by atoms with Crippen LogP contribution in [0.3, 0.4) is 0 Å². The van der Waals surface area contributed by atoms with Crippen LogP contribution in [0.2, 0.25) is 0 Å². The molecule has 0 aliphatic carbocycles. The van der Waals surface area contributed by atoms with Gasteiger partial charge in [0.2, 0.25) is 0 Å². The third-order valence-corrected chi connectivity index (χ3v) is 2.36. The van der Waals surface area contributed by atoms with Gasteiger partial charge in [0, 0.05) is 17.8 Å². The largest absolute Gasteiger partial charge is 0.384 e. The van der Waals surface area contributed by atoms with Gasteiger partial charge in [0.15, 0.2) is 0 Å². The Balaban J connectivity index is 2.53. The van der Waals surface area contributed by atoms with E-state index in [-0.39, 0.29) is 12.0 Å². The molecule has 0 aromatic carbocycles. The Morgan fingerprint density at radius 2 is 2.22 bits per heavy atom. The van der Waals surface area contributed by atoms with E-state index in [1.54, 1.807) is 12.1 Å². The van der Waals surface area contributed by atoms with Gasteiger partial charge in [0.05, 0.1) is 12.7 Å². The van der Waals surface area contributed by atoms with E-state index in [0.717, 1.165) is 12.1 Å². The minimum atomic E-state index is -0.147. The van der Waals surface area contributed by atoms with Crippen LogP contribution in [0, 0.1) is 0 Å². The number of pyridine rings is 1. The number of hydrogen-bond acceptors (Lipinski definition) is 4. The molecule has 1 heterocycles. The highest BCUT2D eigenvalue weighted by atomic mass is 16.5. The lowest BCUT2D eigenvalue weighted by Crippen LogP contribution is -2.28. The fourth-order valence-corrected chi connectivity index (χ4v) is 1.48. The quantitative estimate of drug-likeness (QED) is 0.749. The third kappa shape index (κ3) is 4.71. The zero-order chi connectivity index (χ0) is 13.5. The van der Waals surface area contributed by atoms with Crippen LogP contribution in [0.1, 0.15) is 36.8 Å². The van der Waals surface area contributed by atoms with E-state index in [1.165, 1.54) is 0 Å². The van der Waals surface area contributed by atoms with E-state index < -0.39 is 0 Å². The lowest BCUT2D eigenvalue weighted by Gasteiger charge is -2.09. The van der Waals surface area contributed by atoms with Crippen LogP contribution in [-0.2, 0) is 11.2 Å². The minimum Gasteiger partial charge on any atom is -0.384 e. The number of carbonyl (C=O) groups excluding carboxylic acids is 1. The summed E-state index contributed by atoms with van der Waals surface area (Å²) in [6, 6.07) is 3.34. The summed E-state index contributed by atoms with van der Waals surface area (Å²) in [5.74, 6) is 0.226. The number of rotatable bonds is 6. The number of nitrogens with one attached hydrogen (secondary N) is 1. The second-order valence-electron chi connectivity index (χ2n) is 4.30. The average Bonchev–Trinajstić information content (AvgIpc) is 2.33. The van der Waals surface area contributed by atoms with Crippen LogP contribution in [0.25, 0.3) is 0 Å². The van der Waals surface area contributed by atoms with E-state index in [2.05, 4.69) is 10.3 Å². The summed E-state index contributed by atoms with van der Waals surface area (Å²) in [5.41, 5.74) is 7.01. The Kier molecular flexibility index (Phi) is 5.58. The van der Waals surface area contributed by atoms with Crippen molar-refractivity contribution in [3.8, 4) is 0 Å². The Morgan fingerprint density at radius 3 is 2.83 bits per heavy atom. The summed E-state index contributed by atoms with van der Waals surface area (Å²) in [6.07, 6.45) is 0.923. The molecule has 5 nitrogen and oxygen atoms in total. The summed E-state index contributed by atoms with van der Waals surface area (Å²) in [4.78, 5) is 16.0. The highest BCUT2D eigenvalue weighted by molar-refractivity contribution is 5.94. The molecule has 0 spiro atoms.